The lowest BCUT2D eigenvalue weighted by Crippen LogP contribution is -2.52. The second kappa shape index (κ2) is 6.41. The van der Waals surface area contributed by atoms with Gasteiger partial charge >= 0.3 is 6.18 Å². The van der Waals surface area contributed by atoms with Crippen LogP contribution in [0.5, 0.6) is 0 Å². The third-order valence-electron chi connectivity index (χ3n) is 4.34. The first-order chi connectivity index (χ1) is 8.94. The summed E-state index contributed by atoms with van der Waals surface area (Å²) >= 11 is 0. The predicted molar refractivity (Wildman–Crippen MR) is 68.9 cm³/mol. The van der Waals surface area contributed by atoms with Gasteiger partial charge in [0, 0.05) is 38.8 Å². The van der Waals surface area contributed by atoms with Gasteiger partial charge in [-0.2, -0.15) is 13.2 Å². The molecule has 1 heterocycles. The van der Waals surface area contributed by atoms with Gasteiger partial charge in [0.1, 0.15) is 0 Å². The molecule has 0 aromatic carbocycles. The number of piperazine rings is 1. The fourth-order valence-corrected chi connectivity index (χ4v) is 3.22. The van der Waals surface area contributed by atoms with Crippen LogP contribution in [0.2, 0.25) is 0 Å². The molecule has 2 rings (SSSR count). The lowest BCUT2D eigenvalue weighted by Gasteiger charge is -2.37. The average molecular weight is 279 g/mol. The minimum absolute atomic E-state index is 0.191. The Labute approximate surface area is 112 Å². The zero-order valence-electron chi connectivity index (χ0n) is 11.3. The molecule has 0 aromatic rings. The van der Waals surface area contributed by atoms with Gasteiger partial charge in [0.05, 0.1) is 6.54 Å². The van der Waals surface area contributed by atoms with Crippen LogP contribution in [-0.2, 0) is 0 Å². The number of hydrogen-bond acceptors (Lipinski definition) is 3. The molecule has 0 bridgehead atoms. The molecule has 1 atom stereocenters. The van der Waals surface area contributed by atoms with Crippen LogP contribution in [0.1, 0.15) is 25.7 Å². The Hall–Kier alpha value is -0.330. The highest BCUT2D eigenvalue weighted by atomic mass is 19.4. The fourth-order valence-electron chi connectivity index (χ4n) is 3.22. The topological polar surface area (TPSA) is 32.5 Å². The van der Waals surface area contributed by atoms with E-state index in [4.69, 9.17) is 5.73 Å². The number of halogens is 3. The first-order valence-electron chi connectivity index (χ1n) is 7.21. The lowest BCUT2D eigenvalue weighted by molar-refractivity contribution is -0.149. The molecule has 0 amide bonds. The van der Waals surface area contributed by atoms with E-state index in [1.807, 2.05) is 0 Å². The van der Waals surface area contributed by atoms with Crippen molar-refractivity contribution in [3.63, 3.8) is 0 Å². The summed E-state index contributed by atoms with van der Waals surface area (Å²) in [4.78, 5) is 3.70. The summed E-state index contributed by atoms with van der Waals surface area (Å²) in [6.07, 6.45) is 0.905. The van der Waals surface area contributed by atoms with E-state index in [2.05, 4.69) is 4.90 Å². The molecular formula is C13H24F3N3. The molecule has 0 aromatic heterocycles. The maximum absolute atomic E-state index is 12.3. The van der Waals surface area contributed by atoms with E-state index in [0.717, 1.165) is 6.54 Å². The maximum atomic E-state index is 12.3. The Morgan fingerprint density at radius 3 is 2.05 bits per heavy atom. The normalized spacial score (nSPS) is 25.9. The SMILES string of the molecule is NC(CN1CCN(CC(F)(F)F)CC1)C1CCCC1. The molecule has 2 aliphatic rings. The summed E-state index contributed by atoms with van der Waals surface area (Å²) < 4.78 is 36.8. The minimum atomic E-state index is -4.08. The maximum Gasteiger partial charge on any atom is 0.401 e. The number of nitrogens with two attached hydrogens (primary N) is 1. The highest BCUT2D eigenvalue weighted by molar-refractivity contribution is 4.83. The van der Waals surface area contributed by atoms with Gasteiger partial charge in [-0.1, -0.05) is 12.8 Å². The first kappa shape index (κ1) is 15.1. The molecule has 19 heavy (non-hydrogen) atoms. The van der Waals surface area contributed by atoms with Crippen LogP contribution < -0.4 is 5.73 Å². The van der Waals surface area contributed by atoms with E-state index >= 15 is 0 Å². The Balaban J connectivity index is 1.68. The minimum Gasteiger partial charge on any atom is -0.326 e. The van der Waals surface area contributed by atoms with Gasteiger partial charge in [-0.25, -0.2) is 0 Å². The second-order valence-corrected chi connectivity index (χ2v) is 5.90. The summed E-state index contributed by atoms with van der Waals surface area (Å²) in [6, 6.07) is 0.191. The fraction of sp³-hybridized carbons (Fsp3) is 1.00. The average Bonchev–Trinajstić information content (AvgIpc) is 2.83. The smallest absolute Gasteiger partial charge is 0.326 e. The molecule has 112 valence electrons. The Morgan fingerprint density at radius 2 is 1.53 bits per heavy atom. The molecule has 2 fully saturated rings. The van der Waals surface area contributed by atoms with Crippen molar-refractivity contribution in [1.82, 2.24) is 9.80 Å². The zero-order valence-corrected chi connectivity index (χ0v) is 11.3. The quantitative estimate of drug-likeness (QED) is 0.850. The van der Waals surface area contributed by atoms with Gasteiger partial charge in [-0.3, -0.25) is 9.80 Å². The Kier molecular flexibility index (Phi) is 5.09. The van der Waals surface area contributed by atoms with E-state index < -0.39 is 12.7 Å². The predicted octanol–water partition coefficient (Wildman–Crippen LogP) is 1.68. The van der Waals surface area contributed by atoms with Crippen molar-refractivity contribution in [2.24, 2.45) is 11.7 Å². The summed E-state index contributed by atoms with van der Waals surface area (Å²) in [5, 5.41) is 0. The standard InChI is InChI=1S/C13H24F3N3/c14-13(15,16)10-19-7-5-18(6-8-19)9-12(17)11-3-1-2-4-11/h11-12H,1-10,17H2. The van der Waals surface area contributed by atoms with Crippen LogP contribution >= 0.6 is 0 Å². The molecule has 1 saturated carbocycles. The second-order valence-electron chi connectivity index (χ2n) is 5.90. The molecule has 1 aliphatic heterocycles. The number of nitrogens with zero attached hydrogens (tertiary/aromatic N) is 2. The Bertz CT molecular complexity index is 269. The summed E-state index contributed by atoms with van der Waals surface area (Å²) in [6.45, 7) is 2.46. The zero-order chi connectivity index (χ0) is 13.9. The van der Waals surface area contributed by atoms with Crippen molar-refractivity contribution < 1.29 is 13.2 Å². The molecule has 0 spiro atoms. The number of rotatable bonds is 4. The van der Waals surface area contributed by atoms with Gasteiger partial charge in [-0.15, -0.1) is 0 Å². The highest BCUT2D eigenvalue weighted by Crippen LogP contribution is 2.27. The molecule has 1 saturated heterocycles. The van der Waals surface area contributed by atoms with Crippen LogP contribution in [0.25, 0.3) is 0 Å². The first-order valence-corrected chi connectivity index (χ1v) is 7.21. The molecule has 0 radical (unpaired) electrons. The summed E-state index contributed by atoms with van der Waals surface area (Å²) in [5.74, 6) is 0.619. The van der Waals surface area contributed by atoms with Crippen molar-refractivity contribution in [3.8, 4) is 0 Å². The third kappa shape index (κ3) is 4.93. The van der Waals surface area contributed by atoms with Gasteiger partial charge in [0.25, 0.3) is 0 Å². The molecule has 1 unspecified atom stereocenters. The van der Waals surface area contributed by atoms with Crippen LogP contribution in [0.4, 0.5) is 13.2 Å². The van der Waals surface area contributed by atoms with Crippen LogP contribution in [0.3, 0.4) is 0 Å². The number of hydrogen-bond donors (Lipinski definition) is 1. The monoisotopic (exact) mass is 279 g/mol. The number of alkyl halides is 3. The van der Waals surface area contributed by atoms with Crippen molar-refractivity contribution in [1.29, 1.82) is 0 Å². The van der Waals surface area contributed by atoms with Crippen LogP contribution in [0, 0.1) is 5.92 Å². The van der Waals surface area contributed by atoms with Gasteiger partial charge in [0.15, 0.2) is 0 Å². The molecular weight excluding hydrogens is 255 g/mol. The van der Waals surface area contributed by atoms with Gasteiger partial charge < -0.3 is 5.73 Å². The van der Waals surface area contributed by atoms with E-state index in [0.29, 0.717) is 32.1 Å². The van der Waals surface area contributed by atoms with Crippen molar-refractivity contribution in [2.45, 2.75) is 37.9 Å². The molecule has 1 aliphatic carbocycles. The van der Waals surface area contributed by atoms with Gasteiger partial charge in [-0.05, 0) is 18.8 Å². The van der Waals surface area contributed by atoms with Crippen molar-refractivity contribution >= 4 is 0 Å². The third-order valence-corrected chi connectivity index (χ3v) is 4.34. The summed E-state index contributed by atoms with van der Waals surface area (Å²) in [7, 11) is 0. The van der Waals surface area contributed by atoms with Crippen molar-refractivity contribution in [2.75, 3.05) is 39.3 Å². The lowest BCUT2D eigenvalue weighted by atomic mass is 9.98. The van der Waals surface area contributed by atoms with Crippen LogP contribution in [-0.4, -0.2) is 61.3 Å². The molecule has 6 heteroatoms. The Morgan fingerprint density at radius 1 is 1.00 bits per heavy atom. The molecule has 2 N–H and O–H groups in total. The summed E-state index contributed by atoms with van der Waals surface area (Å²) in [5.41, 5.74) is 6.21. The van der Waals surface area contributed by atoms with Crippen LogP contribution in [0.15, 0.2) is 0 Å². The van der Waals surface area contributed by atoms with E-state index in [1.54, 1.807) is 0 Å². The van der Waals surface area contributed by atoms with Gasteiger partial charge in [0.2, 0.25) is 0 Å². The van der Waals surface area contributed by atoms with E-state index in [1.165, 1.54) is 30.6 Å². The van der Waals surface area contributed by atoms with E-state index in [-0.39, 0.29) is 6.04 Å². The highest BCUT2D eigenvalue weighted by Gasteiger charge is 2.32. The molecule has 3 nitrogen and oxygen atoms in total. The van der Waals surface area contributed by atoms with E-state index in [9.17, 15) is 13.2 Å². The van der Waals surface area contributed by atoms with Crippen molar-refractivity contribution in [3.05, 3.63) is 0 Å². The largest absolute Gasteiger partial charge is 0.401 e.